The van der Waals surface area contributed by atoms with Crippen LogP contribution in [0.5, 0.6) is 0 Å². The van der Waals surface area contributed by atoms with Crippen molar-refractivity contribution in [2.45, 2.75) is 19.3 Å². The van der Waals surface area contributed by atoms with Crippen molar-refractivity contribution in [3.8, 4) is 0 Å². The van der Waals surface area contributed by atoms with Crippen LogP contribution < -0.4 is 10.2 Å². The maximum Gasteiger partial charge on any atom is 0.247 e. The lowest BCUT2D eigenvalue weighted by Crippen LogP contribution is -2.21. The third-order valence-electron chi connectivity index (χ3n) is 3.61. The summed E-state index contributed by atoms with van der Waals surface area (Å²) in [4.78, 5) is 13.4. The number of benzene rings is 1. The molecule has 0 bridgehead atoms. The number of anilines is 2. The lowest BCUT2D eigenvalue weighted by atomic mass is 9.84. The summed E-state index contributed by atoms with van der Waals surface area (Å²) in [6, 6.07) is 5.91. The van der Waals surface area contributed by atoms with Crippen LogP contribution in [0.1, 0.15) is 19.4 Å². The number of hydrogen-bond donors (Lipinski definition) is 1. The van der Waals surface area contributed by atoms with Gasteiger partial charge in [-0.1, -0.05) is 27.0 Å². The number of carbonyl (C=O) groups is 1. The minimum absolute atomic E-state index is 0.112. The van der Waals surface area contributed by atoms with E-state index in [1.54, 1.807) is 0 Å². The van der Waals surface area contributed by atoms with E-state index in [1.807, 2.05) is 25.2 Å². The van der Waals surface area contributed by atoms with Gasteiger partial charge in [0.2, 0.25) is 5.91 Å². The van der Waals surface area contributed by atoms with Crippen LogP contribution in [0.4, 0.5) is 11.4 Å². The fraction of sp³-hybridized carbons (Fsp3) is 0.267. The quantitative estimate of drug-likeness (QED) is 0.808. The zero-order valence-corrected chi connectivity index (χ0v) is 11.1. The second-order valence-corrected chi connectivity index (χ2v) is 5.06. The number of likely N-dealkylation sites (N-methyl/N-ethyl adjacent to an activating group) is 1. The molecule has 0 fully saturated rings. The van der Waals surface area contributed by atoms with Gasteiger partial charge in [-0.2, -0.15) is 0 Å². The van der Waals surface area contributed by atoms with Crippen molar-refractivity contribution in [3.63, 3.8) is 0 Å². The fourth-order valence-electron chi connectivity index (χ4n) is 2.32. The van der Waals surface area contributed by atoms with E-state index in [2.05, 4.69) is 37.2 Å². The topological polar surface area (TPSA) is 32.3 Å². The van der Waals surface area contributed by atoms with Crippen LogP contribution in [0.2, 0.25) is 0 Å². The molecule has 1 amide bonds. The average Bonchev–Trinajstić information content (AvgIpc) is 2.51. The third kappa shape index (κ3) is 1.72. The fourth-order valence-corrected chi connectivity index (χ4v) is 2.32. The van der Waals surface area contributed by atoms with Crippen LogP contribution in [-0.2, 0) is 10.2 Å². The molecule has 18 heavy (non-hydrogen) atoms. The monoisotopic (exact) mass is 242 g/mol. The van der Waals surface area contributed by atoms with Crippen molar-refractivity contribution < 1.29 is 4.79 Å². The molecule has 94 valence electrons. The van der Waals surface area contributed by atoms with Gasteiger partial charge >= 0.3 is 0 Å². The number of hydrogen-bond acceptors (Lipinski definition) is 2. The summed E-state index contributed by atoms with van der Waals surface area (Å²) >= 11 is 0. The first-order valence-corrected chi connectivity index (χ1v) is 5.89. The van der Waals surface area contributed by atoms with Crippen LogP contribution >= 0.6 is 0 Å². The summed E-state index contributed by atoms with van der Waals surface area (Å²) in [5.74, 6) is -0.196. The highest BCUT2D eigenvalue weighted by molar-refractivity contribution is 5.99. The first-order chi connectivity index (χ1) is 8.37. The molecular formula is C15H18N2O. The van der Waals surface area contributed by atoms with E-state index in [0.29, 0.717) is 0 Å². The molecular weight excluding hydrogens is 224 g/mol. The van der Waals surface area contributed by atoms with Gasteiger partial charge < -0.3 is 10.2 Å². The lowest BCUT2D eigenvalue weighted by molar-refractivity contribution is -0.111. The van der Waals surface area contributed by atoms with Crippen molar-refractivity contribution in [2.75, 3.05) is 17.3 Å². The highest BCUT2D eigenvalue weighted by Crippen LogP contribution is 2.46. The van der Waals surface area contributed by atoms with Gasteiger partial charge in [-0.3, -0.25) is 4.79 Å². The van der Waals surface area contributed by atoms with Gasteiger partial charge in [-0.05, 0) is 29.8 Å². The predicted molar refractivity (Wildman–Crippen MR) is 75.8 cm³/mol. The molecule has 0 saturated carbocycles. The van der Waals surface area contributed by atoms with Crippen molar-refractivity contribution in [2.24, 2.45) is 0 Å². The molecule has 0 aromatic heterocycles. The number of nitrogens with zero attached hydrogens (tertiary/aromatic N) is 1. The minimum Gasteiger partial charge on any atom is -0.348 e. The molecule has 0 aliphatic carbocycles. The molecule has 0 saturated heterocycles. The second kappa shape index (κ2) is 4.02. The highest BCUT2D eigenvalue weighted by atomic mass is 16.1. The van der Waals surface area contributed by atoms with Gasteiger partial charge in [0.05, 0.1) is 0 Å². The molecule has 1 heterocycles. The SMILES string of the molecule is C=CC(=O)Nc1ccc2c(c1)C(C)(C)C(=C)N2C. The predicted octanol–water partition coefficient (Wildman–Crippen LogP) is 3.05. The summed E-state index contributed by atoms with van der Waals surface area (Å²) in [6.07, 6.45) is 1.27. The number of carbonyl (C=O) groups excluding carboxylic acids is 1. The van der Waals surface area contributed by atoms with Crippen LogP contribution in [0.25, 0.3) is 0 Å². The number of rotatable bonds is 2. The smallest absolute Gasteiger partial charge is 0.247 e. The Morgan fingerprint density at radius 3 is 2.72 bits per heavy atom. The molecule has 0 unspecified atom stereocenters. The zero-order chi connectivity index (χ0) is 13.5. The van der Waals surface area contributed by atoms with Crippen molar-refractivity contribution in [1.29, 1.82) is 0 Å². The third-order valence-corrected chi connectivity index (χ3v) is 3.61. The Morgan fingerprint density at radius 2 is 2.11 bits per heavy atom. The summed E-state index contributed by atoms with van der Waals surface area (Å²) in [5.41, 5.74) is 4.05. The van der Waals surface area contributed by atoms with Crippen LogP contribution in [0.3, 0.4) is 0 Å². The summed E-state index contributed by atoms with van der Waals surface area (Å²) in [7, 11) is 2.01. The molecule has 1 aromatic rings. The van der Waals surface area contributed by atoms with Crippen molar-refractivity contribution in [3.05, 3.63) is 48.7 Å². The Kier molecular flexibility index (Phi) is 2.77. The van der Waals surface area contributed by atoms with E-state index in [4.69, 9.17) is 0 Å². The molecule has 2 rings (SSSR count). The van der Waals surface area contributed by atoms with Crippen molar-refractivity contribution in [1.82, 2.24) is 0 Å². The van der Waals surface area contributed by atoms with Crippen LogP contribution in [0, 0.1) is 0 Å². The van der Waals surface area contributed by atoms with E-state index in [0.717, 1.165) is 17.1 Å². The highest BCUT2D eigenvalue weighted by Gasteiger charge is 2.37. The molecule has 1 aliphatic rings. The maximum absolute atomic E-state index is 11.3. The zero-order valence-electron chi connectivity index (χ0n) is 11.1. The normalized spacial score (nSPS) is 16.4. The number of amides is 1. The van der Waals surface area contributed by atoms with Gasteiger partial charge in [0.15, 0.2) is 0 Å². The lowest BCUT2D eigenvalue weighted by Gasteiger charge is -2.22. The number of nitrogens with one attached hydrogen (secondary N) is 1. The van der Waals surface area contributed by atoms with Gasteiger partial charge in [-0.15, -0.1) is 0 Å². The molecule has 0 atom stereocenters. The number of allylic oxidation sites excluding steroid dienone is 1. The Hall–Kier alpha value is -2.03. The van der Waals surface area contributed by atoms with Gasteiger partial charge in [0.25, 0.3) is 0 Å². The first-order valence-electron chi connectivity index (χ1n) is 5.89. The summed E-state index contributed by atoms with van der Waals surface area (Å²) in [5, 5.41) is 2.78. The second-order valence-electron chi connectivity index (χ2n) is 5.06. The van der Waals surface area contributed by atoms with E-state index in [-0.39, 0.29) is 11.3 Å². The van der Waals surface area contributed by atoms with E-state index in [9.17, 15) is 4.79 Å². The molecule has 1 aliphatic heterocycles. The average molecular weight is 242 g/mol. The van der Waals surface area contributed by atoms with Gasteiger partial charge in [-0.25, -0.2) is 0 Å². The Morgan fingerprint density at radius 1 is 1.44 bits per heavy atom. The van der Waals surface area contributed by atoms with Crippen molar-refractivity contribution >= 4 is 17.3 Å². The van der Waals surface area contributed by atoms with Gasteiger partial charge in [0.1, 0.15) is 0 Å². The molecule has 3 nitrogen and oxygen atoms in total. The minimum atomic E-state index is -0.196. The van der Waals surface area contributed by atoms with E-state index in [1.165, 1.54) is 11.6 Å². The van der Waals surface area contributed by atoms with Crippen LogP contribution in [-0.4, -0.2) is 13.0 Å². The molecule has 0 spiro atoms. The summed E-state index contributed by atoms with van der Waals surface area (Å²) < 4.78 is 0. The Balaban J connectivity index is 2.45. The van der Waals surface area contributed by atoms with E-state index < -0.39 is 0 Å². The van der Waals surface area contributed by atoms with Crippen LogP contribution in [0.15, 0.2) is 43.1 Å². The Labute approximate surface area is 108 Å². The summed E-state index contributed by atoms with van der Waals surface area (Å²) in [6.45, 7) is 11.9. The number of fused-ring (bicyclic) bond motifs is 1. The molecule has 3 heteroatoms. The maximum atomic E-state index is 11.3. The Bertz CT molecular complexity index is 543. The first kappa shape index (κ1) is 12.4. The van der Waals surface area contributed by atoms with Gasteiger partial charge in [0, 0.05) is 29.5 Å². The molecule has 0 radical (unpaired) electrons. The molecule has 1 aromatic carbocycles. The largest absolute Gasteiger partial charge is 0.348 e. The molecule has 1 N–H and O–H groups in total. The van der Waals surface area contributed by atoms with E-state index >= 15 is 0 Å². The standard InChI is InChI=1S/C15H18N2O/c1-6-14(18)16-11-7-8-13-12(9-11)15(3,4)10(2)17(13)5/h6-9H,1-2H2,3-5H3,(H,16,18).